The molecule has 5 rings (SSSR count). The maximum absolute atomic E-state index is 2.35. The molecular weight excluding hydrogens is 362 g/mol. The molecule has 0 saturated carbocycles. The summed E-state index contributed by atoms with van der Waals surface area (Å²) >= 11 is 0. The molecule has 4 aromatic rings. The van der Waals surface area contributed by atoms with Crippen LogP contribution in [-0.4, -0.2) is 0 Å². The number of fused-ring (bicyclic) bond motifs is 1. The van der Waals surface area contributed by atoms with Crippen LogP contribution in [0.25, 0.3) is 16.3 Å². The number of nitrogens with zero attached hydrogens (tertiary/aromatic N) is 1. The van der Waals surface area contributed by atoms with Gasteiger partial charge in [0.15, 0.2) is 0 Å². The van der Waals surface area contributed by atoms with Crippen LogP contribution in [0.4, 0.5) is 17.1 Å². The van der Waals surface area contributed by atoms with E-state index in [0.717, 1.165) is 18.5 Å². The van der Waals surface area contributed by atoms with E-state index in [-0.39, 0.29) is 0 Å². The summed E-state index contributed by atoms with van der Waals surface area (Å²) in [6.07, 6.45) is 6.79. The predicted octanol–water partition coefficient (Wildman–Crippen LogP) is 8.43. The Bertz CT molecular complexity index is 1230. The molecule has 0 saturated heterocycles. The van der Waals surface area contributed by atoms with Crippen molar-refractivity contribution in [1.29, 1.82) is 0 Å². The molecule has 0 heterocycles. The SMILES string of the molecule is CC1=CC=C(c2ccc(N(c3ccccc3)c3cccc4ccccc34)cc2)CC1. The third-order valence-corrected chi connectivity index (χ3v) is 5.88. The lowest BCUT2D eigenvalue weighted by atomic mass is 9.94. The summed E-state index contributed by atoms with van der Waals surface area (Å²) in [5.41, 5.74) is 7.72. The van der Waals surface area contributed by atoms with Crippen molar-refractivity contribution in [2.45, 2.75) is 19.8 Å². The molecule has 146 valence electrons. The molecule has 1 aliphatic rings. The van der Waals surface area contributed by atoms with Crippen molar-refractivity contribution in [2.75, 3.05) is 4.90 Å². The Morgan fingerprint density at radius 1 is 0.600 bits per heavy atom. The average Bonchev–Trinajstić information content (AvgIpc) is 2.81. The van der Waals surface area contributed by atoms with Gasteiger partial charge in [0.2, 0.25) is 0 Å². The average molecular weight is 388 g/mol. The van der Waals surface area contributed by atoms with Crippen LogP contribution in [0.1, 0.15) is 25.3 Å². The maximum atomic E-state index is 2.35. The number of hydrogen-bond acceptors (Lipinski definition) is 1. The second-order valence-electron chi connectivity index (χ2n) is 7.92. The van der Waals surface area contributed by atoms with Gasteiger partial charge in [-0.05, 0) is 66.6 Å². The summed E-state index contributed by atoms with van der Waals surface area (Å²) in [4.78, 5) is 2.35. The van der Waals surface area contributed by atoms with Gasteiger partial charge in [-0.1, -0.05) is 84.5 Å². The first kappa shape index (κ1) is 18.4. The minimum atomic E-state index is 1.12. The topological polar surface area (TPSA) is 3.24 Å². The van der Waals surface area contributed by atoms with Gasteiger partial charge in [-0.15, -0.1) is 0 Å². The first-order chi connectivity index (χ1) is 14.8. The number of benzene rings is 4. The van der Waals surface area contributed by atoms with Crippen molar-refractivity contribution in [3.63, 3.8) is 0 Å². The molecule has 4 aromatic carbocycles. The van der Waals surface area contributed by atoms with Gasteiger partial charge >= 0.3 is 0 Å². The van der Waals surface area contributed by atoms with Crippen molar-refractivity contribution >= 4 is 33.4 Å². The Hall–Kier alpha value is -3.58. The summed E-state index contributed by atoms with van der Waals surface area (Å²) in [6.45, 7) is 2.21. The van der Waals surface area contributed by atoms with Crippen molar-refractivity contribution in [3.05, 3.63) is 120 Å². The standard InChI is InChI=1S/C29H25N/c1-22-14-16-23(17-15-22)24-18-20-27(21-19-24)30(26-10-3-2-4-11-26)29-13-7-9-25-8-5-6-12-28(25)29/h2-14,16,18-21H,15,17H2,1H3. The normalized spacial score (nSPS) is 13.6. The van der Waals surface area contributed by atoms with Crippen molar-refractivity contribution in [1.82, 2.24) is 0 Å². The highest BCUT2D eigenvalue weighted by Gasteiger charge is 2.15. The van der Waals surface area contributed by atoms with Crippen LogP contribution in [0.15, 0.2) is 115 Å². The smallest absolute Gasteiger partial charge is 0.0540 e. The first-order valence-electron chi connectivity index (χ1n) is 10.6. The Kier molecular flexibility index (Phi) is 4.94. The van der Waals surface area contributed by atoms with Crippen LogP contribution in [0, 0.1) is 0 Å². The maximum Gasteiger partial charge on any atom is 0.0540 e. The van der Waals surface area contributed by atoms with Gasteiger partial charge < -0.3 is 4.90 Å². The highest BCUT2D eigenvalue weighted by atomic mass is 15.1. The fourth-order valence-electron chi connectivity index (χ4n) is 4.21. The van der Waals surface area contributed by atoms with Gasteiger partial charge in [-0.3, -0.25) is 0 Å². The molecule has 0 fully saturated rings. The van der Waals surface area contributed by atoms with Crippen LogP contribution in [0.5, 0.6) is 0 Å². The molecule has 0 aromatic heterocycles. The van der Waals surface area contributed by atoms with Crippen LogP contribution < -0.4 is 4.90 Å². The van der Waals surface area contributed by atoms with E-state index in [9.17, 15) is 0 Å². The number of anilines is 3. The van der Waals surface area contributed by atoms with Crippen LogP contribution in [0.3, 0.4) is 0 Å². The lowest BCUT2D eigenvalue weighted by Gasteiger charge is -2.27. The highest BCUT2D eigenvalue weighted by molar-refractivity contribution is 5.98. The Morgan fingerprint density at radius 3 is 2.07 bits per heavy atom. The molecule has 0 N–H and O–H groups in total. The van der Waals surface area contributed by atoms with E-state index in [2.05, 4.69) is 121 Å². The Balaban J connectivity index is 1.61. The minimum absolute atomic E-state index is 1.12. The third-order valence-electron chi connectivity index (χ3n) is 5.88. The molecule has 0 radical (unpaired) electrons. The predicted molar refractivity (Wildman–Crippen MR) is 130 cm³/mol. The molecule has 30 heavy (non-hydrogen) atoms. The largest absolute Gasteiger partial charge is 0.310 e. The van der Waals surface area contributed by atoms with E-state index < -0.39 is 0 Å². The van der Waals surface area contributed by atoms with E-state index in [4.69, 9.17) is 0 Å². The van der Waals surface area contributed by atoms with Gasteiger partial charge in [-0.25, -0.2) is 0 Å². The van der Waals surface area contributed by atoms with Gasteiger partial charge in [0, 0.05) is 16.8 Å². The molecule has 0 amide bonds. The lowest BCUT2D eigenvalue weighted by molar-refractivity contribution is 0.977. The van der Waals surface area contributed by atoms with Gasteiger partial charge in [0.1, 0.15) is 0 Å². The summed E-state index contributed by atoms with van der Waals surface area (Å²) in [6, 6.07) is 34.8. The fourth-order valence-corrected chi connectivity index (χ4v) is 4.21. The monoisotopic (exact) mass is 387 g/mol. The molecule has 0 unspecified atom stereocenters. The molecular formula is C29H25N. The van der Waals surface area contributed by atoms with Gasteiger partial charge in [0.05, 0.1) is 5.69 Å². The summed E-state index contributed by atoms with van der Waals surface area (Å²) in [5, 5.41) is 2.51. The fraction of sp³-hybridized carbons (Fsp3) is 0.103. The van der Waals surface area contributed by atoms with Gasteiger partial charge in [-0.2, -0.15) is 0 Å². The molecule has 0 bridgehead atoms. The van der Waals surface area contributed by atoms with Gasteiger partial charge in [0.25, 0.3) is 0 Å². The zero-order chi connectivity index (χ0) is 20.3. The molecule has 0 atom stereocenters. The number of para-hydroxylation sites is 1. The summed E-state index contributed by atoms with van der Waals surface area (Å²) in [5.74, 6) is 0. The zero-order valence-corrected chi connectivity index (χ0v) is 17.3. The van der Waals surface area contributed by atoms with E-state index >= 15 is 0 Å². The lowest BCUT2D eigenvalue weighted by Crippen LogP contribution is -2.10. The van der Waals surface area contributed by atoms with E-state index in [1.165, 1.54) is 38.9 Å². The molecule has 0 spiro atoms. The van der Waals surface area contributed by atoms with Crippen molar-refractivity contribution in [3.8, 4) is 0 Å². The quantitative estimate of drug-likeness (QED) is 0.339. The Morgan fingerprint density at radius 2 is 1.30 bits per heavy atom. The molecule has 0 aliphatic heterocycles. The van der Waals surface area contributed by atoms with E-state index in [1.807, 2.05) is 0 Å². The summed E-state index contributed by atoms with van der Waals surface area (Å²) in [7, 11) is 0. The minimum Gasteiger partial charge on any atom is -0.310 e. The second-order valence-corrected chi connectivity index (χ2v) is 7.92. The molecule has 1 aliphatic carbocycles. The van der Waals surface area contributed by atoms with E-state index in [0.29, 0.717) is 0 Å². The van der Waals surface area contributed by atoms with Crippen LogP contribution in [-0.2, 0) is 0 Å². The number of hydrogen-bond donors (Lipinski definition) is 0. The second kappa shape index (κ2) is 8.04. The van der Waals surface area contributed by atoms with Crippen LogP contribution >= 0.6 is 0 Å². The van der Waals surface area contributed by atoms with Crippen LogP contribution in [0.2, 0.25) is 0 Å². The van der Waals surface area contributed by atoms with Crippen molar-refractivity contribution in [2.24, 2.45) is 0 Å². The molecule has 1 heteroatoms. The molecule has 1 nitrogen and oxygen atoms in total. The van der Waals surface area contributed by atoms with E-state index in [1.54, 1.807) is 0 Å². The van der Waals surface area contributed by atoms with Crippen molar-refractivity contribution < 1.29 is 0 Å². The highest BCUT2D eigenvalue weighted by Crippen LogP contribution is 2.39. The summed E-state index contributed by atoms with van der Waals surface area (Å²) < 4.78 is 0. The number of rotatable bonds is 4. The zero-order valence-electron chi connectivity index (χ0n) is 17.3. The number of allylic oxidation sites excluding steroid dienone is 4. The first-order valence-corrected chi connectivity index (χ1v) is 10.6. The Labute approximate surface area is 178 Å². The third kappa shape index (κ3) is 3.55.